The summed E-state index contributed by atoms with van der Waals surface area (Å²) in [5, 5.41) is 11.4. The minimum Gasteiger partial charge on any atom is -0.477 e. The Morgan fingerprint density at radius 2 is 1.95 bits per heavy atom. The molecule has 1 heterocycles. The molecule has 21 heavy (non-hydrogen) atoms. The van der Waals surface area contributed by atoms with Crippen molar-refractivity contribution in [3.63, 3.8) is 0 Å². The summed E-state index contributed by atoms with van der Waals surface area (Å²) in [6.07, 6.45) is 0.0631. The maximum absolute atomic E-state index is 11.6. The highest BCUT2D eigenvalue weighted by Crippen LogP contribution is 2.18. The molecule has 0 fully saturated rings. The van der Waals surface area contributed by atoms with Gasteiger partial charge in [-0.05, 0) is 34.6 Å². The van der Waals surface area contributed by atoms with Crippen LogP contribution >= 0.6 is 0 Å². The summed E-state index contributed by atoms with van der Waals surface area (Å²) in [5.74, 6) is -1.42. The van der Waals surface area contributed by atoms with E-state index in [0.717, 1.165) is 6.20 Å². The van der Waals surface area contributed by atoms with Crippen LogP contribution in [0.1, 0.15) is 45.0 Å². The molecule has 8 heteroatoms. The molecule has 0 saturated carbocycles. The molecular formula is C13H19N3O5. The van der Waals surface area contributed by atoms with Gasteiger partial charge >= 0.3 is 12.1 Å². The van der Waals surface area contributed by atoms with Crippen molar-refractivity contribution in [1.82, 2.24) is 9.97 Å². The van der Waals surface area contributed by atoms with E-state index in [-0.39, 0.29) is 23.5 Å². The number of amides is 1. The topological polar surface area (TPSA) is 111 Å². The van der Waals surface area contributed by atoms with E-state index < -0.39 is 17.7 Å². The first-order chi connectivity index (χ1) is 9.58. The van der Waals surface area contributed by atoms with Gasteiger partial charge in [-0.2, -0.15) is 4.98 Å². The molecule has 116 valence electrons. The zero-order chi connectivity index (χ0) is 16.2. The summed E-state index contributed by atoms with van der Waals surface area (Å²) in [5.41, 5.74) is -0.846. The Morgan fingerprint density at radius 1 is 1.33 bits per heavy atom. The summed E-state index contributed by atoms with van der Waals surface area (Å²) < 4.78 is 10.4. The molecule has 2 N–H and O–H groups in total. The fourth-order valence-electron chi connectivity index (χ4n) is 1.28. The maximum atomic E-state index is 11.6. The Bertz CT molecular complexity index is 537. The van der Waals surface area contributed by atoms with E-state index in [1.165, 1.54) is 0 Å². The monoisotopic (exact) mass is 297 g/mol. The summed E-state index contributed by atoms with van der Waals surface area (Å²) in [6.45, 7) is 8.61. The van der Waals surface area contributed by atoms with E-state index in [1.807, 2.05) is 0 Å². The Morgan fingerprint density at radius 3 is 2.43 bits per heavy atom. The van der Waals surface area contributed by atoms with Gasteiger partial charge in [0.25, 0.3) is 0 Å². The van der Waals surface area contributed by atoms with Gasteiger partial charge in [0.2, 0.25) is 11.8 Å². The smallest absolute Gasteiger partial charge is 0.414 e. The number of nitrogens with one attached hydrogen (secondary N) is 1. The first-order valence-corrected chi connectivity index (χ1v) is 6.35. The third kappa shape index (κ3) is 5.64. The molecule has 0 aromatic carbocycles. The van der Waals surface area contributed by atoms with Gasteiger partial charge in [-0.15, -0.1) is 0 Å². The van der Waals surface area contributed by atoms with E-state index in [0.29, 0.717) is 0 Å². The molecule has 1 rings (SSSR count). The highest BCUT2D eigenvalue weighted by atomic mass is 16.6. The molecule has 1 aromatic rings. The van der Waals surface area contributed by atoms with Crippen molar-refractivity contribution >= 4 is 18.0 Å². The summed E-state index contributed by atoms with van der Waals surface area (Å²) in [6, 6.07) is 0. The largest absolute Gasteiger partial charge is 0.477 e. The SMILES string of the molecule is CC(C)Oc1nc(NC(=O)OC(C)(C)C)ncc1C(=O)O. The predicted molar refractivity (Wildman–Crippen MR) is 74.6 cm³/mol. The van der Waals surface area contributed by atoms with Crippen LogP contribution in [0.4, 0.5) is 10.7 Å². The second-order valence-electron chi connectivity index (χ2n) is 5.51. The van der Waals surface area contributed by atoms with Crippen LogP contribution in [0.5, 0.6) is 5.88 Å². The van der Waals surface area contributed by atoms with Crippen molar-refractivity contribution < 1.29 is 24.2 Å². The van der Waals surface area contributed by atoms with Gasteiger partial charge in [0.1, 0.15) is 11.2 Å². The molecule has 0 spiro atoms. The van der Waals surface area contributed by atoms with Gasteiger partial charge in [0.15, 0.2) is 0 Å². The third-order valence-corrected chi connectivity index (χ3v) is 1.94. The van der Waals surface area contributed by atoms with Crippen molar-refractivity contribution in [1.29, 1.82) is 0 Å². The highest BCUT2D eigenvalue weighted by Gasteiger charge is 2.20. The van der Waals surface area contributed by atoms with Crippen LogP contribution in [0.3, 0.4) is 0 Å². The lowest BCUT2D eigenvalue weighted by atomic mass is 10.2. The Kier molecular flexibility index (Phi) is 5.07. The van der Waals surface area contributed by atoms with Crippen molar-refractivity contribution in [2.24, 2.45) is 0 Å². The van der Waals surface area contributed by atoms with Crippen LogP contribution in [-0.2, 0) is 4.74 Å². The lowest BCUT2D eigenvalue weighted by Crippen LogP contribution is -2.28. The minimum atomic E-state index is -1.21. The van der Waals surface area contributed by atoms with E-state index in [4.69, 9.17) is 14.6 Å². The number of anilines is 1. The van der Waals surface area contributed by atoms with Crippen LogP contribution in [0.25, 0.3) is 0 Å². The normalized spacial score (nSPS) is 11.1. The number of aromatic nitrogens is 2. The van der Waals surface area contributed by atoms with Crippen molar-refractivity contribution in [2.45, 2.75) is 46.3 Å². The molecule has 1 aromatic heterocycles. The summed E-state index contributed by atoms with van der Waals surface area (Å²) in [7, 11) is 0. The van der Waals surface area contributed by atoms with E-state index >= 15 is 0 Å². The van der Waals surface area contributed by atoms with Gasteiger partial charge < -0.3 is 14.6 Å². The van der Waals surface area contributed by atoms with E-state index in [1.54, 1.807) is 34.6 Å². The van der Waals surface area contributed by atoms with Gasteiger partial charge in [-0.3, -0.25) is 5.32 Å². The van der Waals surface area contributed by atoms with E-state index in [2.05, 4.69) is 15.3 Å². The van der Waals surface area contributed by atoms with Gasteiger partial charge in [-0.25, -0.2) is 14.6 Å². The van der Waals surface area contributed by atoms with Crippen LogP contribution < -0.4 is 10.1 Å². The fraction of sp³-hybridized carbons (Fsp3) is 0.538. The Balaban J connectivity index is 2.94. The molecule has 0 aliphatic heterocycles. The molecule has 8 nitrogen and oxygen atoms in total. The first kappa shape index (κ1) is 16.7. The molecule has 0 bridgehead atoms. The summed E-state index contributed by atoms with van der Waals surface area (Å²) >= 11 is 0. The molecule has 0 aliphatic carbocycles. The number of ether oxygens (including phenoxy) is 2. The Labute approximate surface area is 122 Å². The van der Waals surface area contributed by atoms with Crippen LogP contribution in [0.15, 0.2) is 6.20 Å². The average molecular weight is 297 g/mol. The zero-order valence-corrected chi connectivity index (χ0v) is 12.6. The number of hydrogen-bond acceptors (Lipinski definition) is 6. The molecule has 0 unspecified atom stereocenters. The molecule has 0 saturated heterocycles. The average Bonchev–Trinajstić information content (AvgIpc) is 2.24. The van der Waals surface area contributed by atoms with Crippen LogP contribution in [0.2, 0.25) is 0 Å². The molecular weight excluding hydrogens is 278 g/mol. The predicted octanol–water partition coefficient (Wildman–Crippen LogP) is 2.31. The fourth-order valence-corrected chi connectivity index (χ4v) is 1.28. The number of nitrogens with zero attached hydrogens (tertiary/aromatic N) is 2. The molecule has 0 atom stereocenters. The number of carbonyl (C=O) groups excluding carboxylic acids is 1. The molecule has 0 radical (unpaired) electrons. The second-order valence-corrected chi connectivity index (χ2v) is 5.51. The molecule has 1 amide bonds. The van der Waals surface area contributed by atoms with Gasteiger partial charge in [0, 0.05) is 0 Å². The van der Waals surface area contributed by atoms with Crippen molar-refractivity contribution in [2.75, 3.05) is 5.32 Å². The first-order valence-electron chi connectivity index (χ1n) is 6.35. The van der Waals surface area contributed by atoms with Crippen molar-refractivity contribution in [3.05, 3.63) is 11.8 Å². The number of hydrogen-bond donors (Lipinski definition) is 2. The lowest BCUT2D eigenvalue weighted by molar-refractivity contribution is 0.0633. The van der Waals surface area contributed by atoms with Gasteiger partial charge in [-0.1, -0.05) is 0 Å². The number of carboxylic acid groups (broad SMARTS) is 1. The van der Waals surface area contributed by atoms with E-state index in [9.17, 15) is 9.59 Å². The lowest BCUT2D eigenvalue weighted by Gasteiger charge is -2.19. The molecule has 0 aliphatic rings. The quantitative estimate of drug-likeness (QED) is 0.877. The van der Waals surface area contributed by atoms with Crippen molar-refractivity contribution in [3.8, 4) is 5.88 Å². The van der Waals surface area contributed by atoms with Crippen LogP contribution in [-0.4, -0.2) is 38.8 Å². The highest BCUT2D eigenvalue weighted by molar-refractivity contribution is 5.90. The van der Waals surface area contributed by atoms with Crippen LogP contribution in [0, 0.1) is 0 Å². The maximum Gasteiger partial charge on any atom is 0.414 e. The standard InChI is InChI=1S/C13H19N3O5/c1-7(2)20-9-8(10(17)18)6-14-11(15-9)16-12(19)21-13(3,4)5/h6-7H,1-5H3,(H,17,18)(H,14,15,16,19). The number of carbonyl (C=O) groups is 2. The Hall–Kier alpha value is -2.38. The number of rotatable bonds is 4. The number of aromatic carboxylic acids is 1. The second kappa shape index (κ2) is 6.38. The summed E-state index contributed by atoms with van der Waals surface area (Å²) in [4.78, 5) is 30.3. The minimum absolute atomic E-state index is 0.0927. The zero-order valence-electron chi connectivity index (χ0n) is 12.6. The van der Waals surface area contributed by atoms with Gasteiger partial charge in [0.05, 0.1) is 12.3 Å². The number of carboxylic acids is 1. The third-order valence-electron chi connectivity index (χ3n) is 1.94.